The van der Waals surface area contributed by atoms with E-state index in [0.717, 1.165) is 5.56 Å². The minimum atomic E-state index is -0.294. The maximum absolute atomic E-state index is 11.7. The van der Waals surface area contributed by atoms with Gasteiger partial charge in [0.15, 0.2) is 5.69 Å². The number of carbonyl (C=O) groups excluding carboxylic acids is 1. The van der Waals surface area contributed by atoms with Crippen molar-refractivity contribution in [2.45, 2.75) is 13.5 Å². The average molecular weight is 285 g/mol. The van der Waals surface area contributed by atoms with Crippen molar-refractivity contribution in [3.8, 4) is 0 Å². The molecule has 1 aromatic heterocycles. The van der Waals surface area contributed by atoms with E-state index in [1.807, 2.05) is 0 Å². The number of hydrogen-bond acceptors (Lipinski definition) is 3. The molecule has 6 heteroatoms. The summed E-state index contributed by atoms with van der Waals surface area (Å²) >= 11 is 11.7. The number of aryl methyl sites for hydroxylation is 1. The molecule has 0 radical (unpaired) electrons. The van der Waals surface area contributed by atoms with Gasteiger partial charge in [-0.25, -0.2) is 0 Å². The summed E-state index contributed by atoms with van der Waals surface area (Å²) in [6, 6.07) is 6.76. The lowest BCUT2D eigenvalue weighted by Crippen LogP contribution is -2.23. The van der Waals surface area contributed by atoms with E-state index in [1.165, 1.54) is 0 Å². The minimum absolute atomic E-state index is 0.257. The van der Waals surface area contributed by atoms with Gasteiger partial charge >= 0.3 is 0 Å². The summed E-state index contributed by atoms with van der Waals surface area (Å²) in [5.41, 5.74) is 1.12. The Morgan fingerprint density at radius 1 is 1.33 bits per heavy atom. The van der Waals surface area contributed by atoms with Crippen molar-refractivity contribution in [1.29, 1.82) is 0 Å². The summed E-state index contributed by atoms with van der Waals surface area (Å²) in [4.78, 5) is 11.7. The highest BCUT2D eigenvalue weighted by molar-refractivity contribution is 6.42. The van der Waals surface area contributed by atoms with E-state index in [4.69, 9.17) is 27.7 Å². The largest absolute Gasteiger partial charge is 0.361 e. The molecule has 0 aliphatic rings. The van der Waals surface area contributed by atoms with Crippen molar-refractivity contribution in [3.63, 3.8) is 0 Å². The molecule has 0 aliphatic heterocycles. The molecule has 1 N–H and O–H groups in total. The van der Waals surface area contributed by atoms with Gasteiger partial charge < -0.3 is 9.84 Å². The van der Waals surface area contributed by atoms with Crippen LogP contribution in [-0.2, 0) is 6.54 Å². The Kier molecular flexibility index (Phi) is 3.89. The van der Waals surface area contributed by atoms with E-state index >= 15 is 0 Å². The summed E-state index contributed by atoms with van der Waals surface area (Å²) in [5.74, 6) is 0.299. The molecule has 1 aromatic carbocycles. The van der Waals surface area contributed by atoms with Crippen LogP contribution in [0, 0.1) is 6.92 Å². The summed E-state index contributed by atoms with van der Waals surface area (Å²) in [5, 5.41) is 7.28. The van der Waals surface area contributed by atoms with Crippen LogP contribution in [0.1, 0.15) is 21.8 Å². The van der Waals surface area contributed by atoms with Gasteiger partial charge in [-0.05, 0) is 24.6 Å². The standard InChI is InChI=1S/C12H10Cl2N2O2/c1-7-4-11(16-18-7)12(17)15-6-8-2-3-9(13)10(14)5-8/h2-5H,6H2,1H3,(H,15,17). The van der Waals surface area contributed by atoms with Crippen LogP contribution < -0.4 is 5.32 Å². The van der Waals surface area contributed by atoms with Gasteiger partial charge in [-0.15, -0.1) is 0 Å². The highest BCUT2D eigenvalue weighted by atomic mass is 35.5. The molecule has 4 nitrogen and oxygen atoms in total. The lowest BCUT2D eigenvalue weighted by Gasteiger charge is -2.04. The first-order chi connectivity index (χ1) is 8.56. The van der Waals surface area contributed by atoms with Gasteiger partial charge in [-0.3, -0.25) is 4.79 Å². The van der Waals surface area contributed by atoms with Crippen LogP contribution in [0.3, 0.4) is 0 Å². The highest BCUT2D eigenvalue weighted by Crippen LogP contribution is 2.22. The first-order valence-corrected chi connectivity index (χ1v) is 5.97. The molecule has 94 valence electrons. The highest BCUT2D eigenvalue weighted by Gasteiger charge is 2.10. The summed E-state index contributed by atoms with van der Waals surface area (Å²) in [7, 11) is 0. The van der Waals surface area contributed by atoms with Gasteiger partial charge in [0.2, 0.25) is 0 Å². The predicted octanol–water partition coefficient (Wildman–Crippen LogP) is 3.22. The third-order valence-corrected chi connectivity index (χ3v) is 3.04. The van der Waals surface area contributed by atoms with Crippen LogP contribution in [0.25, 0.3) is 0 Å². The molecule has 0 spiro atoms. The quantitative estimate of drug-likeness (QED) is 0.942. The fourth-order valence-electron chi connectivity index (χ4n) is 1.40. The van der Waals surface area contributed by atoms with Gasteiger partial charge in [0.05, 0.1) is 10.0 Å². The minimum Gasteiger partial charge on any atom is -0.361 e. The Balaban J connectivity index is 1.99. The third kappa shape index (κ3) is 3.03. The number of amides is 1. The number of benzene rings is 1. The number of halogens is 2. The second-order valence-corrected chi connectivity index (χ2v) is 4.57. The Bertz CT molecular complexity index is 581. The first-order valence-electron chi connectivity index (χ1n) is 5.21. The Labute approximate surface area is 114 Å². The smallest absolute Gasteiger partial charge is 0.273 e. The van der Waals surface area contributed by atoms with Crippen molar-refractivity contribution >= 4 is 29.1 Å². The number of aromatic nitrogens is 1. The maximum atomic E-state index is 11.7. The molecule has 2 rings (SSSR count). The Hall–Kier alpha value is -1.52. The number of nitrogens with zero attached hydrogens (tertiary/aromatic N) is 1. The van der Waals surface area contributed by atoms with Crippen LogP contribution >= 0.6 is 23.2 Å². The molecule has 0 aliphatic carbocycles. The van der Waals surface area contributed by atoms with Crippen molar-refractivity contribution in [2.24, 2.45) is 0 Å². The lowest BCUT2D eigenvalue weighted by atomic mass is 10.2. The zero-order valence-corrected chi connectivity index (χ0v) is 11.0. The van der Waals surface area contributed by atoms with Crippen LogP contribution in [0.15, 0.2) is 28.8 Å². The van der Waals surface area contributed by atoms with E-state index in [9.17, 15) is 4.79 Å². The van der Waals surface area contributed by atoms with Gasteiger partial charge in [-0.1, -0.05) is 34.4 Å². The second-order valence-electron chi connectivity index (χ2n) is 3.75. The molecule has 0 saturated carbocycles. The molecule has 0 unspecified atom stereocenters. The lowest BCUT2D eigenvalue weighted by molar-refractivity contribution is 0.0942. The molecule has 0 fully saturated rings. The van der Waals surface area contributed by atoms with E-state index in [0.29, 0.717) is 22.4 Å². The van der Waals surface area contributed by atoms with Gasteiger partial charge in [0, 0.05) is 12.6 Å². The van der Waals surface area contributed by atoms with Gasteiger partial charge in [0.25, 0.3) is 5.91 Å². The van der Waals surface area contributed by atoms with E-state index in [2.05, 4.69) is 10.5 Å². The summed E-state index contributed by atoms with van der Waals surface area (Å²) in [6.45, 7) is 2.07. The van der Waals surface area contributed by atoms with Crippen LogP contribution in [0.4, 0.5) is 0 Å². The monoisotopic (exact) mass is 284 g/mol. The van der Waals surface area contributed by atoms with Crippen LogP contribution in [0.2, 0.25) is 10.0 Å². The predicted molar refractivity (Wildman–Crippen MR) is 68.9 cm³/mol. The van der Waals surface area contributed by atoms with E-state index < -0.39 is 0 Å². The summed E-state index contributed by atoms with van der Waals surface area (Å²) < 4.78 is 4.82. The first kappa shape index (κ1) is 12.9. The van der Waals surface area contributed by atoms with Crippen molar-refractivity contribution in [1.82, 2.24) is 10.5 Å². The zero-order valence-electron chi connectivity index (χ0n) is 9.54. The van der Waals surface area contributed by atoms with Crippen molar-refractivity contribution in [3.05, 3.63) is 51.3 Å². The SMILES string of the molecule is Cc1cc(C(=O)NCc2ccc(Cl)c(Cl)c2)no1. The third-order valence-electron chi connectivity index (χ3n) is 2.30. The molecule has 0 bridgehead atoms. The van der Waals surface area contributed by atoms with Gasteiger partial charge in [-0.2, -0.15) is 0 Å². The number of carbonyl (C=O) groups is 1. The average Bonchev–Trinajstić information content (AvgIpc) is 2.77. The molecule has 0 atom stereocenters. The van der Waals surface area contributed by atoms with Crippen LogP contribution in [0.5, 0.6) is 0 Å². The molecular formula is C12H10Cl2N2O2. The van der Waals surface area contributed by atoms with Gasteiger partial charge in [0.1, 0.15) is 5.76 Å². The number of nitrogens with one attached hydrogen (secondary N) is 1. The summed E-state index contributed by atoms with van der Waals surface area (Å²) in [6.07, 6.45) is 0. The molecule has 18 heavy (non-hydrogen) atoms. The Morgan fingerprint density at radius 2 is 2.11 bits per heavy atom. The molecule has 2 aromatic rings. The van der Waals surface area contributed by atoms with Crippen molar-refractivity contribution in [2.75, 3.05) is 0 Å². The van der Waals surface area contributed by atoms with Crippen molar-refractivity contribution < 1.29 is 9.32 Å². The Morgan fingerprint density at radius 3 is 2.72 bits per heavy atom. The van der Waals surface area contributed by atoms with E-state index in [1.54, 1.807) is 31.2 Å². The molecular weight excluding hydrogens is 275 g/mol. The fraction of sp³-hybridized carbons (Fsp3) is 0.167. The second kappa shape index (κ2) is 5.42. The van der Waals surface area contributed by atoms with Crippen LogP contribution in [-0.4, -0.2) is 11.1 Å². The van der Waals surface area contributed by atoms with E-state index in [-0.39, 0.29) is 11.6 Å². The fourth-order valence-corrected chi connectivity index (χ4v) is 1.72. The number of rotatable bonds is 3. The number of hydrogen-bond donors (Lipinski definition) is 1. The topological polar surface area (TPSA) is 55.1 Å². The maximum Gasteiger partial charge on any atom is 0.273 e. The molecule has 1 heterocycles. The normalized spacial score (nSPS) is 10.4. The molecule has 0 saturated heterocycles. The zero-order chi connectivity index (χ0) is 13.1. The molecule has 1 amide bonds.